The van der Waals surface area contributed by atoms with Crippen LogP contribution in [-0.4, -0.2) is 33.2 Å². The van der Waals surface area contributed by atoms with Crippen LogP contribution < -0.4 is 0 Å². The van der Waals surface area contributed by atoms with E-state index < -0.39 is 30.2 Å². The van der Waals surface area contributed by atoms with Crippen LogP contribution in [0.15, 0.2) is 28.0 Å². The average molecular weight is 417 g/mol. The van der Waals surface area contributed by atoms with Crippen LogP contribution in [0.2, 0.25) is 5.02 Å². The van der Waals surface area contributed by atoms with Crippen LogP contribution in [0.25, 0.3) is 0 Å². The van der Waals surface area contributed by atoms with E-state index in [2.05, 4.69) is 0 Å². The van der Waals surface area contributed by atoms with Gasteiger partial charge in [-0.1, -0.05) is 24.6 Å². The highest BCUT2D eigenvalue weighted by molar-refractivity contribution is 8.00. The molecule has 0 fully saturated rings. The van der Waals surface area contributed by atoms with Gasteiger partial charge in [-0.2, -0.15) is 8.42 Å². The molecule has 0 aromatic heterocycles. The molecule has 0 saturated carbocycles. The number of halogens is 1. The summed E-state index contributed by atoms with van der Waals surface area (Å²) in [6, 6.07) is 4.76. The minimum Gasteiger partial charge on any atom is -0.307 e. The maximum absolute atomic E-state index is 12.5. The zero-order valence-electron chi connectivity index (χ0n) is 14.0. The van der Waals surface area contributed by atoms with E-state index >= 15 is 0 Å². The van der Waals surface area contributed by atoms with Crippen LogP contribution >= 0.6 is 31.0 Å². The minimum absolute atomic E-state index is 0.0458. The zero-order chi connectivity index (χ0) is 18.4. The standard InChI is InChI=1S/C14H22ClO6PS2/c1-5-19-22(16,21-11(3)4)10-20-24(17,18)14-12(15)8-7-9-13(14)23-6-2/h7-9,11H,5-6,10H2,1-4H3. The van der Waals surface area contributed by atoms with Crippen LogP contribution in [0.5, 0.6) is 0 Å². The molecule has 0 bridgehead atoms. The van der Waals surface area contributed by atoms with Gasteiger partial charge >= 0.3 is 7.60 Å². The van der Waals surface area contributed by atoms with Gasteiger partial charge in [0, 0.05) is 4.90 Å². The summed E-state index contributed by atoms with van der Waals surface area (Å²) in [6.07, 6.45) is -1.11. The van der Waals surface area contributed by atoms with Gasteiger partial charge in [0.05, 0.1) is 17.7 Å². The third kappa shape index (κ3) is 6.33. The molecule has 138 valence electrons. The summed E-state index contributed by atoms with van der Waals surface area (Å²) in [5.74, 6) is 0.663. The largest absolute Gasteiger partial charge is 0.357 e. The molecule has 1 aromatic carbocycles. The monoisotopic (exact) mass is 416 g/mol. The fourth-order valence-corrected chi connectivity index (χ4v) is 6.58. The Morgan fingerprint density at radius 1 is 1.29 bits per heavy atom. The Bertz CT molecular complexity index is 693. The molecule has 0 spiro atoms. The molecule has 0 aliphatic rings. The van der Waals surface area contributed by atoms with E-state index in [9.17, 15) is 13.0 Å². The zero-order valence-corrected chi connectivity index (χ0v) is 17.3. The van der Waals surface area contributed by atoms with Crippen LogP contribution in [0.3, 0.4) is 0 Å². The molecule has 1 aromatic rings. The van der Waals surface area contributed by atoms with Gasteiger partial charge in [-0.15, -0.1) is 11.8 Å². The fourth-order valence-electron chi connectivity index (χ4n) is 1.81. The Balaban J connectivity index is 3.08. The van der Waals surface area contributed by atoms with Gasteiger partial charge in [0.1, 0.15) is 4.90 Å². The van der Waals surface area contributed by atoms with Crippen molar-refractivity contribution in [3.05, 3.63) is 23.2 Å². The first-order valence-electron chi connectivity index (χ1n) is 7.38. The number of hydrogen-bond acceptors (Lipinski definition) is 7. The molecule has 0 aliphatic heterocycles. The van der Waals surface area contributed by atoms with Crippen molar-refractivity contribution in [2.75, 3.05) is 18.7 Å². The third-order valence-corrected chi connectivity index (χ3v) is 7.42. The van der Waals surface area contributed by atoms with E-state index in [1.807, 2.05) is 6.92 Å². The van der Waals surface area contributed by atoms with Crippen LogP contribution in [-0.2, 0) is 27.9 Å². The van der Waals surface area contributed by atoms with Gasteiger partial charge < -0.3 is 9.05 Å². The molecular weight excluding hydrogens is 395 g/mol. The van der Waals surface area contributed by atoms with E-state index in [0.29, 0.717) is 10.6 Å². The summed E-state index contributed by atoms with van der Waals surface area (Å²) in [5, 5.41) is 0.0458. The summed E-state index contributed by atoms with van der Waals surface area (Å²) in [4.78, 5) is 0.340. The van der Waals surface area contributed by atoms with Gasteiger partial charge in [0.25, 0.3) is 10.1 Å². The average Bonchev–Trinajstić information content (AvgIpc) is 2.45. The smallest absolute Gasteiger partial charge is 0.307 e. The molecule has 0 aliphatic carbocycles. The first kappa shape index (κ1) is 22.0. The molecule has 1 atom stereocenters. The molecule has 0 radical (unpaired) electrons. The highest BCUT2D eigenvalue weighted by Gasteiger charge is 2.32. The van der Waals surface area contributed by atoms with E-state index in [1.165, 1.54) is 17.8 Å². The highest BCUT2D eigenvalue weighted by atomic mass is 35.5. The van der Waals surface area contributed by atoms with Crippen molar-refractivity contribution in [2.45, 2.75) is 43.6 Å². The van der Waals surface area contributed by atoms with Crippen molar-refractivity contribution in [3.63, 3.8) is 0 Å². The normalized spacial score (nSPS) is 14.8. The van der Waals surface area contributed by atoms with Crippen molar-refractivity contribution in [2.24, 2.45) is 0 Å². The van der Waals surface area contributed by atoms with Crippen molar-refractivity contribution < 1.29 is 26.2 Å². The molecule has 0 saturated heterocycles. The maximum atomic E-state index is 12.5. The second-order valence-electron chi connectivity index (χ2n) is 4.88. The first-order chi connectivity index (χ1) is 11.1. The van der Waals surface area contributed by atoms with Crippen molar-refractivity contribution in [1.29, 1.82) is 0 Å². The van der Waals surface area contributed by atoms with E-state index in [-0.39, 0.29) is 16.5 Å². The maximum Gasteiger partial charge on any atom is 0.357 e. The summed E-state index contributed by atoms with van der Waals surface area (Å²) in [6.45, 7) is 6.97. The summed E-state index contributed by atoms with van der Waals surface area (Å²) in [5.41, 5.74) is 0. The second-order valence-corrected chi connectivity index (χ2v) is 10.1. The third-order valence-electron chi connectivity index (χ3n) is 2.54. The van der Waals surface area contributed by atoms with Crippen LogP contribution in [0.1, 0.15) is 27.7 Å². The number of rotatable bonds is 10. The lowest BCUT2D eigenvalue weighted by Crippen LogP contribution is -2.13. The Hall–Kier alpha value is -0.0800. The van der Waals surface area contributed by atoms with Crippen molar-refractivity contribution in [1.82, 2.24) is 0 Å². The first-order valence-corrected chi connectivity index (χ1v) is 11.9. The Kier molecular flexibility index (Phi) is 8.76. The molecule has 0 amide bonds. The van der Waals surface area contributed by atoms with Crippen LogP contribution in [0, 0.1) is 0 Å². The summed E-state index contributed by atoms with van der Waals surface area (Å²) >= 11 is 7.36. The van der Waals surface area contributed by atoms with E-state index in [4.69, 9.17) is 24.8 Å². The van der Waals surface area contributed by atoms with Gasteiger partial charge in [-0.3, -0.25) is 8.75 Å². The molecule has 0 N–H and O–H groups in total. The topological polar surface area (TPSA) is 78.9 Å². The molecule has 6 nitrogen and oxygen atoms in total. The summed E-state index contributed by atoms with van der Waals surface area (Å²) in [7, 11) is -7.91. The molecule has 10 heteroatoms. The van der Waals surface area contributed by atoms with Gasteiger partial charge in [-0.25, -0.2) is 0 Å². The van der Waals surface area contributed by atoms with Crippen molar-refractivity contribution >= 4 is 41.1 Å². The number of hydrogen-bond donors (Lipinski definition) is 0. The number of benzene rings is 1. The molecule has 1 rings (SSSR count). The Labute approximate surface area is 152 Å². The lowest BCUT2D eigenvalue weighted by molar-refractivity contribution is 0.158. The predicted octanol–water partition coefficient (Wildman–Crippen LogP) is 4.77. The fraction of sp³-hybridized carbons (Fsp3) is 0.571. The number of thioether (sulfide) groups is 1. The Morgan fingerprint density at radius 3 is 2.50 bits per heavy atom. The lowest BCUT2D eigenvalue weighted by Gasteiger charge is -2.20. The molecule has 24 heavy (non-hydrogen) atoms. The molecular formula is C14H22ClO6PS2. The summed E-state index contributed by atoms with van der Waals surface area (Å²) < 4.78 is 52.9. The van der Waals surface area contributed by atoms with Gasteiger partial charge in [0.2, 0.25) is 0 Å². The quantitative estimate of drug-likeness (QED) is 0.309. The SMILES string of the molecule is CCOP(=O)(COS(=O)(=O)c1c(Cl)cccc1SCC)OC(C)C. The van der Waals surface area contributed by atoms with Crippen LogP contribution in [0.4, 0.5) is 0 Å². The van der Waals surface area contributed by atoms with Gasteiger partial charge in [-0.05, 0) is 38.7 Å². The lowest BCUT2D eigenvalue weighted by atomic mass is 10.4. The van der Waals surface area contributed by atoms with Gasteiger partial charge in [0.15, 0.2) is 6.35 Å². The Morgan fingerprint density at radius 2 is 1.96 bits per heavy atom. The minimum atomic E-state index is -4.22. The van der Waals surface area contributed by atoms with E-state index in [1.54, 1.807) is 32.9 Å². The van der Waals surface area contributed by atoms with Crippen molar-refractivity contribution in [3.8, 4) is 0 Å². The second kappa shape index (κ2) is 9.57. The highest BCUT2D eigenvalue weighted by Crippen LogP contribution is 2.50. The predicted molar refractivity (Wildman–Crippen MR) is 96.4 cm³/mol. The molecule has 0 heterocycles. The van der Waals surface area contributed by atoms with E-state index in [0.717, 1.165) is 0 Å². The molecule has 1 unspecified atom stereocenters.